The predicted octanol–water partition coefficient (Wildman–Crippen LogP) is 15.8. The molecule has 1 heteroatoms. The van der Waals surface area contributed by atoms with E-state index in [1.165, 1.54) is 110 Å². The lowest BCUT2D eigenvalue weighted by Crippen LogP contribution is -2.36. The van der Waals surface area contributed by atoms with Gasteiger partial charge in [0.25, 0.3) is 0 Å². The fraction of sp³-hybridized carbons (Fsp3) is 0.0169. The van der Waals surface area contributed by atoms with Crippen molar-refractivity contribution in [2.24, 2.45) is 0 Å². The van der Waals surface area contributed by atoms with Crippen LogP contribution in [0.1, 0.15) is 22.3 Å². The summed E-state index contributed by atoms with van der Waals surface area (Å²) in [7, 11) is 0. The summed E-state index contributed by atoms with van der Waals surface area (Å²) in [6, 6.07) is 83.9. The minimum atomic E-state index is -0.632. The molecule has 0 radical (unpaired) electrons. The smallest absolute Gasteiger partial charge is 0.0760 e. The van der Waals surface area contributed by atoms with Gasteiger partial charge >= 0.3 is 0 Å². The Morgan fingerprint density at radius 1 is 0.300 bits per heavy atom. The molecule has 1 aliphatic carbocycles. The third kappa shape index (κ3) is 4.47. The van der Waals surface area contributed by atoms with Crippen molar-refractivity contribution in [1.82, 2.24) is 0 Å². The van der Waals surface area contributed by atoms with Crippen LogP contribution in [0.3, 0.4) is 0 Å². The Morgan fingerprint density at radius 3 is 1.48 bits per heavy atom. The molecule has 60 heavy (non-hydrogen) atoms. The molecule has 1 aliphatic heterocycles. The molecule has 0 saturated carbocycles. The Labute approximate surface area is 349 Å². The van der Waals surface area contributed by atoms with E-state index >= 15 is 0 Å². The van der Waals surface area contributed by atoms with Gasteiger partial charge in [-0.15, -0.1) is 0 Å². The highest BCUT2D eigenvalue weighted by atomic mass is 15.2. The van der Waals surface area contributed by atoms with E-state index in [1.807, 2.05) is 0 Å². The van der Waals surface area contributed by atoms with Crippen LogP contribution >= 0.6 is 0 Å². The van der Waals surface area contributed by atoms with E-state index in [-0.39, 0.29) is 0 Å². The fourth-order valence-corrected chi connectivity index (χ4v) is 11.0. The van der Waals surface area contributed by atoms with Crippen LogP contribution in [0.5, 0.6) is 0 Å². The van der Waals surface area contributed by atoms with Crippen molar-refractivity contribution in [3.8, 4) is 33.4 Å². The molecular weight excluding hydrogens is 723 g/mol. The van der Waals surface area contributed by atoms with Gasteiger partial charge in [-0.25, -0.2) is 0 Å². The Balaban J connectivity index is 1.20. The summed E-state index contributed by atoms with van der Waals surface area (Å²) in [5, 5.41) is 10.2. The largest absolute Gasteiger partial charge is 0.310 e. The molecular formula is C59H37N. The molecule has 2 aliphatic rings. The molecule has 0 atom stereocenters. The normalized spacial score (nSPS) is 13.4. The number of para-hydroxylation sites is 3. The first-order valence-electron chi connectivity index (χ1n) is 20.9. The molecule has 11 aromatic rings. The quantitative estimate of drug-likeness (QED) is 0.162. The van der Waals surface area contributed by atoms with Gasteiger partial charge in [-0.1, -0.05) is 188 Å². The molecule has 278 valence electrons. The number of benzene rings is 11. The first-order valence-corrected chi connectivity index (χ1v) is 20.9. The van der Waals surface area contributed by atoms with E-state index in [9.17, 15) is 0 Å². The third-order valence-corrected chi connectivity index (χ3v) is 13.4. The van der Waals surface area contributed by atoms with Crippen molar-refractivity contribution < 1.29 is 0 Å². The number of hydrogen-bond acceptors (Lipinski definition) is 1. The second kappa shape index (κ2) is 12.6. The topological polar surface area (TPSA) is 3.24 Å². The molecule has 0 amide bonds. The minimum Gasteiger partial charge on any atom is -0.310 e. The number of nitrogens with zero attached hydrogens (tertiary/aromatic N) is 1. The molecule has 1 heterocycles. The van der Waals surface area contributed by atoms with Crippen LogP contribution in [0.4, 0.5) is 17.1 Å². The molecule has 1 nitrogen and oxygen atoms in total. The fourth-order valence-electron chi connectivity index (χ4n) is 11.0. The van der Waals surface area contributed by atoms with Crippen molar-refractivity contribution in [3.63, 3.8) is 0 Å². The Kier molecular flexibility index (Phi) is 7.00. The van der Waals surface area contributed by atoms with Crippen molar-refractivity contribution in [2.45, 2.75) is 5.41 Å². The van der Waals surface area contributed by atoms with Crippen molar-refractivity contribution in [3.05, 3.63) is 247 Å². The second-order valence-corrected chi connectivity index (χ2v) is 16.3. The van der Waals surface area contributed by atoms with Crippen LogP contribution in [0, 0.1) is 0 Å². The molecule has 0 saturated heterocycles. The highest BCUT2D eigenvalue weighted by Gasteiger charge is 2.53. The van der Waals surface area contributed by atoms with Gasteiger partial charge in [0.15, 0.2) is 0 Å². The van der Waals surface area contributed by atoms with Gasteiger partial charge in [-0.2, -0.15) is 0 Å². The van der Waals surface area contributed by atoms with Crippen LogP contribution in [0.2, 0.25) is 0 Å². The van der Waals surface area contributed by atoms with E-state index in [0.717, 1.165) is 5.69 Å². The third-order valence-electron chi connectivity index (χ3n) is 13.4. The summed E-state index contributed by atoms with van der Waals surface area (Å²) < 4.78 is 0. The molecule has 11 aromatic carbocycles. The molecule has 0 aromatic heterocycles. The Morgan fingerprint density at radius 2 is 0.817 bits per heavy atom. The summed E-state index contributed by atoms with van der Waals surface area (Å²) in [6.07, 6.45) is 0. The van der Waals surface area contributed by atoms with Gasteiger partial charge in [-0.3, -0.25) is 0 Å². The number of anilines is 3. The number of hydrogen-bond donors (Lipinski definition) is 0. The lowest BCUT2D eigenvalue weighted by Gasteiger charge is -2.45. The summed E-state index contributed by atoms with van der Waals surface area (Å²) >= 11 is 0. The maximum Gasteiger partial charge on any atom is 0.0760 e. The van der Waals surface area contributed by atoms with Crippen molar-refractivity contribution >= 4 is 60.2 Å². The van der Waals surface area contributed by atoms with Gasteiger partial charge in [0, 0.05) is 5.69 Å². The highest BCUT2D eigenvalue weighted by Crippen LogP contribution is 2.66. The summed E-state index contributed by atoms with van der Waals surface area (Å²) in [6.45, 7) is 0. The molecule has 0 unspecified atom stereocenters. The van der Waals surface area contributed by atoms with Gasteiger partial charge in [0.05, 0.1) is 16.8 Å². The summed E-state index contributed by atoms with van der Waals surface area (Å²) in [5.41, 5.74) is 15.8. The van der Waals surface area contributed by atoms with Gasteiger partial charge < -0.3 is 4.90 Å². The predicted molar refractivity (Wildman–Crippen MR) is 253 cm³/mol. The van der Waals surface area contributed by atoms with E-state index in [4.69, 9.17) is 0 Å². The van der Waals surface area contributed by atoms with Crippen molar-refractivity contribution in [1.29, 1.82) is 0 Å². The lowest BCUT2D eigenvalue weighted by molar-refractivity contribution is 0.759. The molecule has 0 bridgehead atoms. The first kappa shape index (κ1) is 33.3. The first-order chi connectivity index (χ1) is 29.8. The summed E-state index contributed by atoms with van der Waals surface area (Å²) in [4.78, 5) is 2.48. The number of fused-ring (bicyclic) bond motifs is 16. The van der Waals surface area contributed by atoms with E-state index in [2.05, 4.69) is 229 Å². The minimum absolute atomic E-state index is 0.632. The van der Waals surface area contributed by atoms with Crippen LogP contribution in [0.15, 0.2) is 224 Å². The molecule has 1 spiro atoms. The Bertz CT molecular complexity index is 3500. The van der Waals surface area contributed by atoms with Crippen LogP contribution < -0.4 is 4.90 Å². The highest BCUT2D eigenvalue weighted by molar-refractivity contribution is 6.21. The van der Waals surface area contributed by atoms with Crippen LogP contribution in [-0.2, 0) is 5.41 Å². The Hall–Kier alpha value is -7.74. The zero-order chi connectivity index (χ0) is 39.4. The van der Waals surface area contributed by atoms with Crippen LogP contribution in [0.25, 0.3) is 76.5 Å². The standard InChI is InChI=1S/C59H37N/c1-2-20-42(21-3-1)60-55-30-12-10-28-52(55)59(53-29-11-13-31-56(53)60)54-37-41(46-27-15-19-39-17-5-7-23-44(39)46)33-35-50(54)57-48-25-9-8-24-47(48)51-36-40(32-34-49(51)58(57)59)45-26-14-18-38-16-4-6-22-43(38)45/h1-37H. The molecule has 0 fully saturated rings. The lowest BCUT2D eigenvalue weighted by atomic mass is 9.63. The monoisotopic (exact) mass is 759 g/mol. The van der Waals surface area contributed by atoms with Crippen molar-refractivity contribution in [2.75, 3.05) is 4.90 Å². The molecule has 13 rings (SSSR count). The average Bonchev–Trinajstić information content (AvgIpc) is 3.62. The van der Waals surface area contributed by atoms with Gasteiger partial charge in [0.1, 0.15) is 0 Å². The van der Waals surface area contributed by atoms with Gasteiger partial charge in [-0.05, 0) is 135 Å². The summed E-state index contributed by atoms with van der Waals surface area (Å²) in [5.74, 6) is 0. The zero-order valence-electron chi connectivity index (χ0n) is 32.8. The van der Waals surface area contributed by atoms with E-state index < -0.39 is 5.41 Å². The van der Waals surface area contributed by atoms with E-state index in [0.29, 0.717) is 0 Å². The maximum atomic E-state index is 2.54. The molecule has 0 N–H and O–H groups in total. The SMILES string of the molecule is c1ccc(N2c3ccccc3C3(c4cc(-c5cccc6ccccc56)ccc4-c4c3c3ccc(-c5cccc6ccccc56)cc3c3ccccc43)c3ccccc32)cc1. The number of rotatable bonds is 3. The average molecular weight is 760 g/mol. The van der Waals surface area contributed by atoms with Crippen LogP contribution in [-0.4, -0.2) is 0 Å². The second-order valence-electron chi connectivity index (χ2n) is 16.3. The zero-order valence-corrected chi connectivity index (χ0v) is 32.8. The van der Waals surface area contributed by atoms with E-state index in [1.54, 1.807) is 0 Å². The van der Waals surface area contributed by atoms with Gasteiger partial charge in [0.2, 0.25) is 0 Å². The maximum absolute atomic E-state index is 2.54.